The average molecular weight is 306 g/mol. The Morgan fingerprint density at radius 3 is 2.45 bits per heavy atom. The fourth-order valence-corrected chi connectivity index (χ4v) is 2.53. The Balaban J connectivity index is 2.63. The third-order valence-electron chi connectivity index (χ3n) is 2.87. The number of thioether (sulfide) groups is 1. The Hall–Kier alpha value is -1.35. The third kappa shape index (κ3) is 2.59. The standard InChI is InChI=1S/C11H13F3N4OS/c1-5(4-19)20-9-7(3)6(2)8-15-16-10(11(12,13)14)18(8)17-9/h5,19H,4H2,1-3H3. The van der Waals surface area contributed by atoms with Gasteiger partial charge in [-0.15, -0.1) is 10.2 Å². The van der Waals surface area contributed by atoms with Crippen LogP contribution in [0.15, 0.2) is 5.03 Å². The van der Waals surface area contributed by atoms with Gasteiger partial charge in [-0.1, -0.05) is 18.7 Å². The lowest BCUT2D eigenvalue weighted by atomic mass is 10.2. The quantitative estimate of drug-likeness (QED) is 0.881. The summed E-state index contributed by atoms with van der Waals surface area (Å²) in [6.07, 6.45) is -4.61. The van der Waals surface area contributed by atoms with E-state index in [4.69, 9.17) is 5.11 Å². The minimum absolute atomic E-state index is 0.0861. The molecular weight excluding hydrogens is 293 g/mol. The number of nitrogens with zero attached hydrogens (tertiary/aromatic N) is 4. The third-order valence-corrected chi connectivity index (χ3v) is 4.04. The van der Waals surface area contributed by atoms with E-state index in [2.05, 4.69) is 15.3 Å². The van der Waals surface area contributed by atoms with Crippen LogP contribution in [0.3, 0.4) is 0 Å². The molecular formula is C11H13F3N4OS. The molecule has 2 aromatic rings. The predicted molar refractivity (Wildman–Crippen MR) is 67.7 cm³/mol. The first-order valence-electron chi connectivity index (χ1n) is 5.83. The van der Waals surface area contributed by atoms with Gasteiger partial charge in [0.25, 0.3) is 5.82 Å². The van der Waals surface area contributed by atoms with Crippen molar-refractivity contribution in [1.82, 2.24) is 19.8 Å². The zero-order valence-corrected chi connectivity index (χ0v) is 11.9. The molecule has 1 N–H and O–H groups in total. The van der Waals surface area contributed by atoms with Gasteiger partial charge in [0.15, 0.2) is 5.65 Å². The minimum atomic E-state index is -4.61. The monoisotopic (exact) mass is 306 g/mol. The highest BCUT2D eigenvalue weighted by atomic mass is 32.2. The number of aliphatic hydroxyl groups excluding tert-OH is 1. The van der Waals surface area contributed by atoms with Crippen LogP contribution in [0, 0.1) is 13.8 Å². The Kier molecular flexibility index (Phi) is 3.92. The molecule has 2 aromatic heterocycles. The van der Waals surface area contributed by atoms with Gasteiger partial charge in [-0.25, -0.2) is 0 Å². The molecule has 0 saturated heterocycles. The van der Waals surface area contributed by atoms with Gasteiger partial charge in [0, 0.05) is 10.8 Å². The van der Waals surface area contributed by atoms with Crippen molar-refractivity contribution in [3.05, 3.63) is 17.0 Å². The first kappa shape index (κ1) is 15.0. The molecule has 20 heavy (non-hydrogen) atoms. The maximum absolute atomic E-state index is 12.8. The van der Waals surface area contributed by atoms with Crippen LogP contribution in [0.25, 0.3) is 5.65 Å². The van der Waals surface area contributed by atoms with E-state index in [9.17, 15) is 13.2 Å². The van der Waals surface area contributed by atoms with Gasteiger partial charge < -0.3 is 5.11 Å². The number of alkyl halides is 3. The molecule has 1 unspecified atom stereocenters. The summed E-state index contributed by atoms with van der Waals surface area (Å²) < 4.78 is 39.2. The zero-order chi connectivity index (χ0) is 15.1. The summed E-state index contributed by atoms with van der Waals surface area (Å²) in [5, 5.41) is 20.0. The van der Waals surface area contributed by atoms with E-state index in [1.165, 1.54) is 11.8 Å². The van der Waals surface area contributed by atoms with Crippen molar-refractivity contribution in [2.45, 2.75) is 37.2 Å². The normalized spacial score (nSPS) is 13.9. The molecule has 5 nitrogen and oxygen atoms in total. The van der Waals surface area contributed by atoms with Crippen LogP contribution in [0.2, 0.25) is 0 Å². The van der Waals surface area contributed by atoms with Crippen LogP contribution in [0.4, 0.5) is 13.2 Å². The number of hydrogen-bond donors (Lipinski definition) is 1. The second-order valence-electron chi connectivity index (χ2n) is 4.42. The number of aryl methyl sites for hydroxylation is 1. The van der Waals surface area contributed by atoms with E-state index in [1.807, 2.05) is 0 Å². The molecule has 0 fully saturated rings. The maximum Gasteiger partial charge on any atom is 0.453 e. The van der Waals surface area contributed by atoms with Gasteiger partial charge in [0.2, 0.25) is 0 Å². The number of rotatable bonds is 3. The highest BCUT2D eigenvalue weighted by molar-refractivity contribution is 7.99. The van der Waals surface area contributed by atoms with E-state index in [0.717, 1.165) is 10.1 Å². The molecule has 0 aliphatic heterocycles. The summed E-state index contributed by atoms with van der Waals surface area (Å²) in [6.45, 7) is 5.12. The van der Waals surface area contributed by atoms with Crippen molar-refractivity contribution in [3.63, 3.8) is 0 Å². The Bertz CT molecular complexity index is 641. The highest BCUT2D eigenvalue weighted by Crippen LogP contribution is 2.31. The van der Waals surface area contributed by atoms with Crippen molar-refractivity contribution < 1.29 is 18.3 Å². The molecule has 0 spiro atoms. The van der Waals surface area contributed by atoms with Crippen LogP contribution >= 0.6 is 11.8 Å². The Morgan fingerprint density at radius 1 is 1.25 bits per heavy atom. The molecule has 1 atom stereocenters. The SMILES string of the molecule is Cc1c(SC(C)CO)nn2c(C(F)(F)F)nnc2c1C. The molecule has 0 aliphatic carbocycles. The van der Waals surface area contributed by atoms with Gasteiger partial charge in [0.05, 0.1) is 6.61 Å². The van der Waals surface area contributed by atoms with Gasteiger partial charge in [0.1, 0.15) is 5.03 Å². The first-order valence-corrected chi connectivity index (χ1v) is 6.71. The van der Waals surface area contributed by atoms with E-state index >= 15 is 0 Å². The Labute approximate surface area is 117 Å². The molecule has 2 heterocycles. The molecule has 0 bridgehead atoms. The lowest BCUT2D eigenvalue weighted by Gasteiger charge is -2.12. The van der Waals surface area contributed by atoms with Gasteiger partial charge in [-0.2, -0.15) is 22.8 Å². The topological polar surface area (TPSA) is 63.3 Å². The number of aromatic nitrogens is 4. The average Bonchev–Trinajstić information content (AvgIpc) is 2.79. The van der Waals surface area contributed by atoms with Crippen LogP contribution in [0.1, 0.15) is 23.9 Å². The smallest absolute Gasteiger partial charge is 0.395 e. The van der Waals surface area contributed by atoms with Crippen molar-refractivity contribution in [2.24, 2.45) is 0 Å². The molecule has 0 aromatic carbocycles. The van der Waals surface area contributed by atoms with Gasteiger partial charge >= 0.3 is 6.18 Å². The molecule has 0 aliphatic rings. The predicted octanol–water partition coefficient (Wildman–Crippen LogP) is 2.23. The minimum Gasteiger partial charge on any atom is -0.395 e. The summed E-state index contributed by atoms with van der Waals surface area (Å²) in [5.41, 5.74) is 1.43. The zero-order valence-electron chi connectivity index (χ0n) is 11.1. The van der Waals surface area contributed by atoms with Crippen molar-refractivity contribution in [3.8, 4) is 0 Å². The molecule has 110 valence electrons. The number of hydrogen-bond acceptors (Lipinski definition) is 5. The van der Waals surface area contributed by atoms with E-state index in [-0.39, 0.29) is 17.5 Å². The largest absolute Gasteiger partial charge is 0.453 e. The lowest BCUT2D eigenvalue weighted by Crippen LogP contribution is -2.14. The van der Waals surface area contributed by atoms with E-state index in [0.29, 0.717) is 10.6 Å². The molecule has 0 saturated carbocycles. The second kappa shape index (κ2) is 5.21. The van der Waals surface area contributed by atoms with Crippen molar-refractivity contribution in [1.29, 1.82) is 0 Å². The summed E-state index contributed by atoms with van der Waals surface area (Å²) in [6, 6.07) is 0. The number of aliphatic hydroxyl groups is 1. The maximum atomic E-state index is 12.8. The molecule has 9 heteroatoms. The van der Waals surface area contributed by atoms with Crippen molar-refractivity contribution in [2.75, 3.05) is 6.61 Å². The van der Waals surface area contributed by atoms with E-state index in [1.54, 1.807) is 20.8 Å². The van der Waals surface area contributed by atoms with Gasteiger partial charge in [-0.3, -0.25) is 0 Å². The first-order chi connectivity index (χ1) is 9.25. The molecule has 0 radical (unpaired) electrons. The summed E-state index contributed by atoms with van der Waals surface area (Å²) in [4.78, 5) is 0. The summed E-state index contributed by atoms with van der Waals surface area (Å²) >= 11 is 1.22. The second-order valence-corrected chi connectivity index (χ2v) is 5.85. The van der Waals surface area contributed by atoms with Crippen LogP contribution < -0.4 is 0 Å². The van der Waals surface area contributed by atoms with Crippen molar-refractivity contribution >= 4 is 17.4 Å². The number of halogens is 3. The van der Waals surface area contributed by atoms with Crippen LogP contribution in [-0.4, -0.2) is 36.8 Å². The summed E-state index contributed by atoms with van der Waals surface area (Å²) in [7, 11) is 0. The van der Waals surface area contributed by atoms with Gasteiger partial charge in [-0.05, 0) is 19.4 Å². The van der Waals surface area contributed by atoms with Crippen LogP contribution in [0.5, 0.6) is 0 Å². The van der Waals surface area contributed by atoms with Crippen LogP contribution in [-0.2, 0) is 6.18 Å². The molecule has 2 rings (SSSR count). The van der Waals surface area contributed by atoms with E-state index < -0.39 is 12.0 Å². The Morgan fingerprint density at radius 2 is 1.90 bits per heavy atom. The lowest BCUT2D eigenvalue weighted by molar-refractivity contribution is -0.146. The number of fused-ring (bicyclic) bond motifs is 1. The fourth-order valence-electron chi connectivity index (χ4n) is 1.62. The summed E-state index contributed by atoms with van der Waals surface area (Å²) in [5.74, 6) is -1.14. The highest BCUT2D eigenvalue weighted by Gasteiger charge is 2.38. The molecule has 0 amide bonds. The fraction of sp³-hybridized carbons (Fsp3) is 0.545.